The molecule has 19 heavy (non-hydrogen) atoms. The van der Waals surface area contributed by atoms with Gasteiger partial charge in [-0.25, -0.2) is 0 Å². The number of nitrogens with zero attached hydrogens (tertiary/aromatic N) is 2. The molecule has 2 heterocycles. The minimum Gasteiger partial charge on any atom is -0.377 e. The van der Waals surface area contributed by atoms with Gasteiger partial charge in [0.25, 0.3) is 5.91 Å². The predicted molar refractivity (Wildman–Crippen MR) is 69.5 cm³/mol. The first-order valence-electron chi connectivity index (χ1n) is 6.64. The van der Waals surface area contributed by atoms with Gasteiger partial charge in [-0.1, -0.05) is 5.16 Å². The number of rotatable bonds is 4. The quantitative estimate of drug-likeness (QED) is 0.885. The van der Waals surface area contributed by atoms with Gasteiger partial charge in [0.05, 0.1) is 0 Å². The second-order valence-corrected chi connectivity index (χ2v) is 4.99. The molecule has 6 nitrogen and oxygen atoms in total. The van der Waals surface area contributed by atoms with E-state index < -0.39 is 0 Å². The van der Waals surface area contributed by atoms with Crippen molar-refractivity contribution >= 4 is 5.91 Å². The average Bonchev–Trinajstić information content (AvgIpc) is 2.86. The zero-order valence-corrected chi connectivity index (χ0v) is 11.5. The highest BCUT2D eigenvalue weighted by Crippen LogP contribution is 2.24. The van der Waals surface area contributed by atoms with Gasteiger partial charge in [0.1, 0.15) is 6.61 Å². The summed E-state index contributed by atoms with van der Waals surface area (Å²) in [5.74, 6) is 0.452. The highest BCUT2D eigenvalue weighted by Gasteiger charge is 2.32. The maximum absolute atomic E-state index is 12.5. The second kappa shape index (κ2) is 6.16. The van der Waals surface area contributed by atoms with Crippen molar-refractivity contribution in [2.24, 2.45) is 5.73 Å². The minimum absolute atomic E-state index is 0.0961. The summed E-state index contributed by atoms with van der Waals surface area (Å²) < 4.78 is 10.0. The number of hydrogen-bond donors (Lipinski definition) is 1. The van der Waals surface area contributed by atoms with E-state index in [0.717, 1.165) is 19.3 Å². The first-order valence-corrected chi connectivity index (χ1v) is 6.64. The predicted octanol–water partition coefficient (Wildman–Crippen LogP) is 1.16. The summed E-state index contributed by atoms with van der Waals surface area (Å²) in [7, 11) is 1.57. The number of carbonyl (C=O) groups is 1. The summed E-state index contributed by atoms with van der Waals surface area (Å²) in [4.78, 5) is 14.3. The van der Waals surface area contributed by atoms with E-state index in [2.05, 4.69) is 12.1 Å². The van der Waals surface area contributed by atoms with Crippen LogP contribution in [0.1, 0.15) is 42.4 Å². The van der Waals surface area contributed by atoms with Crippen molar-refractivity contribution < 1.29 is 14.1 Å². The molecule has 2 unspecified atom stereocenters. The molecule has 0 saturated carbocycles. The fourth-order valence-corrected chi connectivity index (χ4v) is 2.64. The Balaban J connectivity index is 2.15. The summed E-state index contributed by atoms with van der Waals surface area (Å²) in [6.45, 7) is 2.85. The number of ether oxygens (including phenoxy) is 1. The Morgan fingerprint density at radius 3 is 3.11 bits per heavy atom. The van der Waals surface area contributed by atoms with E-state index in [4.69, 9.17) is 15.0 Å². The third-order valence-electron chi connectivity index (χ3n) is 3.60. The van der Waals surface area contributed by atoms with Crippen LogP contribution in [0.5, 0.6) is 0 Å². The van der Waals surface area contributed by atoms with Crippen molar-refractivity contribution in [2.75, 3.05) is 13.7 Å². The number of methoxy groups -OCH3 is 1. The third kappa shape index (κ3) is 2.96. The molecule has 1 saturated heterocycles. The third-order valence-corrected chi connectivity index (χ3v) is 3.60. The van der Waals surface area contributed by atoms with Crippen molar-refractivity contribution in [3.63, 3.8) is 0 Å². The molecule has 2 atom stereocenters. The summed E-state index contributed by atoms with van der Waals surface area (Å²) in [5.41, 5.74) is 6.10. The molecule has 6 heteroatoms. The van der Waals surface area contributed by atoms with Gasteiger partial charge >= 0.3 is 0 Å². The monoisotopic (exact) mass is 267 g/mol. The lowest BCUT2D eigenvalue weighted by Crippen LogP contribution is -2.51. The number of carbonyl (C=O) groups excluding carboxylic acids is 1. The van der Waals surface area contributed by atoms with Crippen LogP contribution in [-0.2, 0) is 11.3 Å². The second-order valence-electron chi connectivity index (χ2n) is 4.99. The van der Waals surface area contributed by atoms with E-state index in [-0.39, 0.29) is 18.0 Å². The number of nitrogens with two attached hydrogens (primary N) is 1. The van der Waals surface area contributed by atoms with Gasteiger partial charge in [-0.3, -0.25) is 4.79 Å². The van der Waals surface area contributed by atoms with Gasteiger partial charge < -0.3 is 19.9 Å². The van der Waals surface area contributed by atoms with Crippen LogP contribution in [0.2, 0.25) is 0 Å². The van der Waals surface area contributed by atoms with Crippen LogP contribution in [0.3, 0.4) is 0 Å². The number of piperidine rings is 1. The van der Waals surface area contributed by atoms with Crippen molar-refractivity contribution in [3.05, 3.63) is 17.5 Å². The Morgan fingerprint density at radius 1 is 1.63 bits per heavy atom. The van der Waals surface area contributed by atoms with Crippen LogP contribution in [0, 0.1) is 0 Å². The molecule has 1 amide bonds. The molecule has 1 aromatic heterocycles. The van der Waals surface area contributed by atoms with Crippen LogP contribution in [-0.4, -0.2) is 41.7 Å². The maximum atomic E-state index is 12.5. The smallest absolute Gasteiger partial charge is 0.276 e. The molecule has 0 radical (unpaired) electrons. The molecule has 106 valence electrons. The minimum atomic E-state index is -0.103. The molecule has 0 aromatic carbocycles. The normalized spacial score (nSPS) is 23.6. The topological polar surface area (TPSA) is 81.6 Å². The Labute approximate surface area is 112 Å². The lowest BCUT2D eigenvalue weighted by atomic mass is 9.96. The summed E-state index contributed by atoms with van der Waals surface area (Å²) in [6, 6.07) is 1.93. The summed E-state index contributed by atoms with van der Waals surface area (Å²) in [6.07, 6.45) is 3.07. The van der Waals surface area contributed by atoms with Crippen molar-refractivity contribution in [2.45, 2.75) is 44.9 Å². The van der Waals surface area contributed by atoms with Gasteiger partial charge in [-0.05, 0) is 26.2 Å². The zero-order chi connectivity index (χ0) is 13.8. The lowest BCUT2D eigenvalue weighted by Gasteiger charge is -2.39. The van der Waals surface area contributed by atoms with E-state index in [9.17, 15) is 4.79 Å². The van der Waals surface area contributed by atoms with E-state index in [0.29, 0.717) is 24.6 Å². The Kier molecular flexibility index (Phi) is 4.55. The molecular weight excluding hydrogens is 246 g/mol. The molecule has 0 bridgehead atoms. The molecule has 1 aromatic rings. The molecule has 2 N–H and O–H groups in total. The standard InChI is InChI=1S/C13H21N3O3/c1-9-4-3-5-10(7-14)16(9)13(17)12-6-11(8-18-2)19-15-12/h6,9-10H,3-5,7-8,14H2,1-2H3. The van der Waals surface area contributed by atoms with Gasteiger partial charge in [-0.2, -0.15) is 0 Å². The molecule has 0 aliphatic carbocycles. The number of aromatic nitrogens is 1. The van der Waals surface area contributed by atoms with Crippen LogP contribution >= 0.6 is 0 Å². The highest BCUT2D eigenvalue weighted by atomic mass is 16.5. The first kappa shape index (κ1) is 14.0. The molecule has 1 fully saturated rings. The number of amides is 1. The van der Waals surface area contributed by atoms with Crippen molar-refractivity contribution in [3.8, 4) is 0 Å². The van der Waals surface area contributed by atoms with Gasteiger partial charge in [0.2, 0.25) is 0 Å². The van der Waals surface area contributed by atoms with Crippen LogP contribution in [0.25, 0.3) is 0 Å². The largest absolute Gasteiger partial charge is 0.377 e. The molecule has 0 spiro atoms. The molecule has 1 aliphatic rings. The first-order chi connectivity index (χ1) is 9.17. The maximum Gasteiger partial charge on any atom is 0.276 e. The Morgan fingerprint density at radius 2 is 2.42 bits per heavy atom. The van der Waals surface area contributed by atoms with E-state index >= 15 is 0 Å². The zero-order valence-electron chi connectivity index (χ0n) is 11.5. The summed E-state index contributed by atoms with van der Waals surface area (Å²) >= 11 is 0. The van der Waals surface area contributed by atoms with E-state index in [1.165, 1.54) is 0 Å². The van der Waals surface area contributed by atoms with Gasteiger partial charge in [0, 0.05) is 31.8 Å². The van der Waals surface area contributed by atoms with Gasteiger partial charge in [0.15, 0.2) is 11.5 Å². The van der Waals surface area contributed by atoms with Crippen LogP contribution in [0.4, 0.5) is 0 Å². The Hall–Kier alpha value is -1.40. The molecule has 2 rings (SSSR count). The molecule has 1 aliphatic heterocycles. The number of likely N-dealkylation sites (tertiary alicyclic amines) is 1. The van der Waals surface area contributed by atoms with E-state index in [1.54, 1.807) is 13.2 Å². The fourth-order valence-electron chi connectivity index (χ4n) is 2.64. The SMILES string of the molecule is COCc1cc(C(=O)N2C(C)CCCC2CN)no1. The fraction of sp³-hybridized carbons (Fsp3) is 0.692. The van der Waals surface area contributed by atoms with Crippen molar-refractivity contribution in [1.82, 2.24) is 10.1 Å². The average molecular weight is 267 g/mol. The Bertz CT molecular complexity index is 433. The van der Waals surface area contributed by atoms with Crippen molar-refractivity contribution in [1.29, 1.82) is 0 Å². The number of hydrogen-bond acceptors (Lipinski definition) is 5. The molecular formula is C13H21N3O3. The van der Waals surface area contributed by atoms with Gasteiger partial charge in [-0.15, -0.1) is 0 Å². The van der Waals surface area contributed by atoms with E-state index in [1.807, 2.05) is 4.90 Å². The summed E-state index contributed by atoms with van der Waals surface area (Å²) in [5, 5.41) is 3.83. The van der Waals surface area contributed by atoms with Crippen LogP contribution < -0.4 is 5.73 Å². The highest BCUT2D eigenvalue weighted by molar-refractivity contribution is 5.92. The lowest BCUT2D eigenvalue weighted by molar-refractivity contribution is 0.0483. The van der Waals surface area contributed by atoms with Crippen LogP contribution in [0.15, 0.2) is 10.6 Å².